The van der Waals surface area contributed by atoms with E-state index in [9.17, 15) is 9.59 Å². The Bertz CT molecular complexity index is 966. The fourth-order valence-corrected chi connectivity index (χ4v) is 2.65. The van der Waals surface area contributed by atoms with Crippen molar-refractivity contribution in [2.24, 2.45) is 0 Å². The van der Waals surface area contributed by atoms with E-state index >= 15 is 0 Å². The molecule has 6 nitrogen and oxygen atoms in total. The zero-order valence-corrected chi connectivity index (χ0v) is 14.7. The Kier molecular flexibility index (Phi) is 5.12. The number of nitrogens with zero attached hydrogens (tertiary/aromatic N) is 2. The molecule has 0 bridgehead atoms. The Hall–Kier alpha value is -3.01. The maximum absolute atomic E-state index is 12.6. The van der Waals surface area contributed by atoms with Gasteiger partial charge in [-0.2, -0.15) is 5.26 Å². The summed E-state index contributed by atoms with van der Waals surface area (Å²) in [7, 11) is 0. The molecular weight excluding hydrogens is 377 g/mol. The third-order valence-electron chi connectivity index (χ3n) is 3.56. The normalized spacial score (nSPS) is 15.1. The zero-order valence-electron chi connectivity index (χ0n) is 13.2. The van der Waals surface area contributed by atoms with E-state index in [4.69, 9.17) is 33.2 Å². The van der Waals surface area contributed by atoms with Crippen LogP contribution in [0, 0.1) is 11.3 Å². The summed E-state index contributed by atoms with van der Waals surface area (Å²) >= 11 is 11.8. The van der Waals surface area contributed by atoms with Crippen LogP contribution in [0.4, 0.5) is 5.69 Å². The van der Waals surface area contributed by atoms with Gasteiger partial charge < -0.3 is 4.74 Å². The molecule has 0 unspecified atom stereocenters. The summed E-state index contributed by atoms with van der Waals surface area (Å²) in [6, 6.07) is 13.3. The van der Waals surface area contributed by atoms with Crippen molar-refractivity contribution in [3.05, 3.63) is 63.6 Å². The molecular formula is C18H11Cl2N3O3. The van der Waals surface area contributed by atoms with Gasteiger partial charge in [0.15, 0.2) is 6.61 Å². The number of nitriles is 1. The highest BCUT2D eigenvalue weighted by atomic mass is 35.5. The molecule has 130 valence electrons. The smallest absolute Gasteiger partial charge is 0.282 e. The first kappa shape index (κ1) is 17.8. The number of ether oxygens (including phenoxy) is 1. The van der Waals surface area contributed by atoms with Gasteiger partial charge in [0.25, 0.3) is 11.8 Å². The molecule has 1 aliphatic heterocycles. The lowest BCUT2D eigenvalue weighted by Crippen LogP contribution is -2.35. The van der Waals surface area contributed by atoms with E-state index in [1.165, 1.54) is 18.2 Å². The van der Waals surface area contributed by atoms with E-state index in [2.05, 4.69) is 5.43 Å². The van der Waals surface area contributed by atoms with Crippen LogP contribution in [0.15, 0.2) is 48.0 Å². The van der Waals surface area contributed by atoms with E-state index in [-0.39, 0.29) is 17.2 Å². The molecule has 3 rings (SSSR count). The second-order valence-electron chi connectivity index (χ2n) is 5.22. The van der Waals surface area contributed by atoms with Crippen LogP contribution in [0.1, 0.15) is 5.56 Å². The quantitative estimate of drug-likeness (QED) is 0.643. The largest absolute Gasteiger partial charge is 0.478 e. The third kappa shape index (κ3) is 3.49. The summed E-state index contributed by atoms with van der Waals surface area (Å²) in [5, 5.41) is 10.3. The van der Waals surface area contributed by atoms with Crippen molar-refractivity contribution in [1.29, 1.82) is 5.26 Å². The molecule has 1 saturated heterocycles. The number of carbonyl (C=O) groups is 2. The van der Waals surface area contributed by atoms with Gasteiger partial charge in [-0.15, -0.1) is 0 Å². The SMILES string of the molecule is N#CCOc1ccccc1C=C1C(=O)NN(c2ccc(Cl)c(Cl)c2)C1=O. The maximum Gasteiger partial charge on any atom is 0.282 e. The molecule has 26 heavy (non-hydrogen) atoms. The van der Waals surface area contributed by atoms with Crippen molar-refractivity contribution in [2.45, 2.75) is 0 Å². The number of rotatable bonds is 4. The van der Waals surface area contributed by atoms with Crippen LogP contribution in [-0.2, 0) is 9.59 Å². The van der Waals surface area contributed by atoms with E-state index in [1.54, 1.807) is 30.3 Å². The van der Waals surface area contributed by atoms with Gasteiger partial charge in [-0.1, -0.05) is 41.4 Å². The average molecular weight is 388 g/mol. The fraction of sp³-hybridized carbons (Fsp3) is 0.0556. The summed E-state index contributed by atoms with van der Waals surface area (Å²) in [6.07, 6.45) is 1.42. The van der Waals surface area contributed by atoms with Crippen LogP contribution < -0.4 is 15.2 Å². The van der Waals surface area contributed by atoms with Gasteiger partial charge in [0.05, 0.1) is 15.7 Å². The number of hydrogen-bond donors (Lipinski definition) is 1. The van der Waals surface area contributed by atoms with Crippen molar-refractivity contribution in [3.63, 3.8) is 0 Å². The van der Waals surface area contributed by atoms with Gasteiger partial charge in [-0.05, 0) is 30.3 Å². The highest BCUT2D eigenvalue weighted by Gasteiger charge is 2.34. The van der Waals surface area contributed by atoms with Crippen LogP contribution in [0.3, 0.4) is 0 Å². The summed E-state index contributed by atoms with van der Waals surface area (Å²) < 4.78 is 5.31. The number of anilines is 1. The molecule has 0 aliphatic carbocycles. The molecule has 0 saturated carbocycles. The Balaban J connectivity index is 1.93. The number of hydrogen-bond acceptors (Lipinski definition) is 4. The first-order valence-corrected chi connectivity index (χ1v) is 8.18. The van der Waals surface area contributed by atoms with Gasteiger partial charge in [-0.3, -0.25) is 15.0 Å². The van der Waals surface area contributed by atoms with Gasteiger partial charge >= 0.3 is 0 Å². The molecule has 2 aromatic rings. The van der Waals surface area contributed by atoms with Crippen LogP contribution in [0.5, 0.6) is 5.75 Å². The maximum atomic E-state index is 12.6. The van der Waals surface area contributed by atoms with Crippen LogP contribution in [0.2, 0.25) is 10.0 Å². The molecule has 0 atom stereocenters. The fourth-order valence-electron chi connectivity index (χ4n) is 2.36. The number of benzene rings is 2. The molecule has 0 radical (unpaired) electrons. The van der Waals surface area contributed by atoms with Crippen LogP contribution >= 0.6 is 23.2 Å². The monoisotopic (exact) mass is 387 g/mol. The van der Waals surface area contributed by atoms with Gasteiger partial charge in [0.1, 0.15) is 17.4 Å². The molecule has 2 amide bonds. The number of halogens is 2. The highest BCUT2D eigenvalue weighted by Crippen LogP contribution is 2.30. The second-order valence-corrected chi connectivity index (χ2v) is 6.04. The summed E-state index contributed by atoms with van der Waals surface area (Å²) in [5.74, 6) is -0.699. The van der Waals surface area contributed by atoms with E-state index in [0.29, 0.717) is 22.0 Å². The van der Waals surface area contributed by atoms with Crippen molar-refractivity contribution < 1.29 is 14.3 Å². The van der Waals surface area contributed by atoms with Gasteiger partial charge in [0, 0.05) is 5.56 Å². The van der Waals surface area contributed by atoms with Gasteiger partial charge in [-0.25, -0.2) is 5.01 Å². The lowest BCUT2D eigenvalue weighted by molar-refractivity contribution is -0.117. The molecule has 1 fully saturated rings. The zero-order chi connectivity index (χ0) is 18.7. The van der Waals surface area contributed by atoms with Crippen molar-refractivity contribution in [1.82, 2.24) is 5.43 Å². The number of amides is 2. The second kappa shape index (κ2) is 7.48. The van der Waals surface area contributed by atoms with Crippen molar-refractivity contribution in [3.8, 4) is 11.8 Å². The number of hydrazine groups is 1. The molecule has 0 aromatic heterocycles. The van der Waals surface area contributed by atoms with Crippen LogP contribution in [0.25, 0.3) is 6.08 Å². The van der Waals surface area contributed by atoms with Crippen molar-refractivity contribution >= 4 is 46.8 Å². The lowest BCUT2D eigenvalue weighted by atomic mass is 10.1. The minimum absolute atomic E-state index is 0.0657. The summed E-state index contributed by atoms with van der Waals surface area (Å²) in [4.78, 5) is 24.9. The first-order chi connectivity index (χ1) is 12.5. The Morgan fingerprint density at radius 2 is 1.92 bits per heavy atom. The Morgan fingerprint density at radius 3 is 2.65 bits per heavy atom. The van der Waals surface area contributed by atoms with Crippen molar-refractivity contribution in [2.75, 3.05) is 11.6 Å². The molecule has 8 heteroatoms. The summed E-state index contributed by atoms with van der Waals surface area (Å²) in [5.41, 5.74) is 3.31. The predicted molar refractivity (Wildman–Crippen MR) is 97.6 cm³/mol. The molecule has 1 heterocycles. The average Bonchev–Trinajstić information content (AvgIpc) is 2.91. The molecule has 1 aliphatic rings. The minimum atomic E-state index is -0.559. The Morgan fingerprint density at radius 1 is 1.15 bits per heavy atom. The predicted octanol–water partition coefficient (Wildman–Crippen LogP) is 3.36. The van der Waals surface area contributed by atoms with Gasteiger partial charge in [0.2, 0.25) is 0 Å². The Labute approximate surface area is 159 Å². The number of para-hydroxylation sites is 1. The molecule has 2 aromatic carbocycles. The third-order valence-corrected chi connectivity index (χ3v) is 4.30. The highest BCUT2D eigenvalue weighted by molar-refractivity contribution is 6.42. The number of nitrogens with one attached hydrogen (secondary N) is 1. The number of carbonyl (C=O) groups excluding carboxylic acids is 2. The molecule has 1 N–H and O–H groups in total. The molecule has 0 spiro atoms. The van der Waals surface area contributed by atoms with E-state index < -0.39 is 11.8 Å². The summed E-state index contributed by atoms with van der Waals surface area (Å²) in [6.45, 7) is -0.143. The van der Waals surface area contributed by atoms with Crippen LogP contribution in [-0.4, -0.2) is 18.4 Å². The minimum Gasteiger partial charge on any atom is -0.478 e. The van der Waals surface area contributed by atoms with E-state index in [1.807, 2.05) is 6.07 Å². The van der Waals surface area contributed by atoms with E-state index in [0.717, 1.165) is 5.01 Å². The lowest BCUT2D eigenvalue weighted by Gasteiger charge is -2.15. The standard InChI is InChI=1S/C18H11Cl2N3O3/c19-14-6-5-12(10-15(14)20)23-18(25)13(17(24)22-23)9-11-3-1-2-4-16(11)26-8-7-21/h1-6,9-10H,8H2,(H,22,24). The first-order valence-electron chi connectivity index (χ1n) is 7.42. The topological polar surface area (TPSA) is 82.4 Å².